The number of hydrogen-bond donors (Lipinski definition) is 2. The summed E-state index contributed by atoms with van der Waals surface area (Å²) in [7, 11) is -3.67. The van der Waals surface area contributed by atoms with E-state index in [1.807, 2.05) is 18.2 Å². The number of anilines is 1. The van der Waals surface area contributed by atoms with Crippen LogP contribution in [-0.4, -0.2) is 72.2 Å². The molecule has 0 atom stereocenters. The highest BCUT2D eigenvalue weighted by molar-refractivity contribution is 7.89. The van der Waals surface area contributed by atoms with E-state index in [1.54, 1.807) is 23.2 Å². The number of aromatic amines is 1. The SMILES string of the molecule is O=C1CCc2cc(OCCCC(=O)N3CCN(S(=O)(=O)c4c[nH]c5ncccc45)CC3)ccc2N1. The minimum Gasteiger partial charge on any atom is -0.494 e. The molecule has 2 aliphatic heterocycles. The average Bonchev–Trinajstić information content (AvgIpc) is 3.32. The Balaban J connectivity index is 1.09. The number of nitrogens with one attached hydrogen (secondary N) is 2. The van der Waals surface area contributed by atoms with Gasteiger partial charge in [-0.1, -0.05) is 0 Å². The zero-order chi connectivity index (χ0) is 24.4. The summed E-state index contributed by atoms with van der Waals surface area (Å²) >= 11 is 0. The van der Waals surface area contributed by atoms with Crippen LogP contribution in [0.1, 0.15) is 24.8 Å². The lowest BCUT2D eigenvalue weighted by atomic mass is 10.0. The summed E-state index contributed by atoms with van der Waals surface area (Å²) in [6.45, 7) is 1.62. The lowest BCUT2D eigenvalue weighted by molar-refractivity contribution is -0.132. The Hall–Kier alpha value is -3.44. The third-order valence-corrected chi connectivity index (χ3v) is 8.34. The third-order valence-electron chi connectivity index (χ3n) is 6.40. The number of carbonyl (C=O) groups is 2. The van der Waals surface area contributed by atoms with Crippen LogP contribution < -0.4 is 10.1 Å². The number of carbonyl (C=O) groups excluding carboxylic acids is 2. The van der Waals surface area contributed by atoms with Gasteiger partial charge in [0.05, 0.1) is 6.61 Å². The van der Waals surface area contributed by atoms with Gasteiger partial charge < -0.3 is 19.9 Å². The summed E-state index contributed by atoms with van der Waals surface area (Å²) in [6.07, 6.45) is 5.14. The molecule has 0 aliphatic carbocycles. The number of H-pyrrole nitrogens is 1. The summed E-state index contributed by atoms with van der Waals surface area (Å²) in [5.41, 5.74) is 2.41. The highest BCUT2D eigenvalue weighted by Crippen LogP contribution is 2.27. The first kappa shape index (κ1) is 23.3. The average molecular weight is 498 g/mol. The maximum Gasteiger partial charge on any atom is 0.245 e. The smallest absolute Gasteiger partial charge is 0.245 e. The molecule has 1 saturated heterocycles. The summed E-state index contributed by atoms with van der Waals surface area (Å²) in [5.74, 6) is 0.743. The summed E-state index contributed by atoms with van der Waals surface area (Å²) in [5, 5.41) is 3.41. The lowest BCUT2D eigenvalue weighted by Crippen LogP contribution is -2.50. The minimum atomic E-state index is -3.67. The van der Waals surface area contributed by atoms with E-state index in [0.29, 0.717) is 56.4 Å². The highest BCUT2D eigenvalue weighted by atomic mass is 32.2. The molecule has 4 heterocycles. The molecule has 0 bridgehead atoms. The first-order valence-corrected chi connectivity index (χ1v) is 13.1. The number of sulfonamides is 1. The number of hydrogen-bond acceptors (Lipinski definition) is 6. The molecule has 2 aliphatic rings. The number of fused-ring (bicyclic) bond motifs is 2. The second kappa shape index (κ2) is 9.67. The topological polar surface area (TPSA) is 125 Å². The maximum atomic E-state index is 13.1. The number of ether oxygens (including phenoxy) is 1. The van der Waals surface area contributed by atoms with Crippen molar-refractivity contribution in [1.82, 2.24) is 19.2 Å². The van der Waals surface area contributed by atoms with E-state index in [9.17, 15) is 18.0 Å². The zero-order valence-electron chi connectivity index (χ0n) is 19.2. The van der Waals surface area contributed by atoms with Crippen molar-refractivity contribution >= 4 is 38.6 Å². The molecule has 0 radical (unpaired) electrons. The van der Waals surface area contributed by atoms with E-state index in [-0.39, 0.29) is 29.8 Å². The van der Waals surface area contributed by atoms with Crippen LogP contribution in [0, 0.1) is 0 Å². The van der Waals surface area contributed by atoms with Crippen LogP contribution >= 0.6 is 0 Å². The van der Waals surface area contributed by atoms with Gasteiger partial charge in [0.2, 0.25) is 21.8 Å². The summed E-state index contributed by atoms with van der Waals surface area (Å²) in [6, 6.07) is 9.03. The molecule has 35 heavy (non-hydrogen) atoms. The van der Waals surface area contributed by atoms with Crippen LogP contribution in [0.25, 0.3) is 11.0 Å². The van der Waals surface area contributed by atoms with Gasteiger partial charge in [-0.15, -0.1) is 0 Å². The van der Waals surface area contributed by atoms with Crippen molar-refractivity contribution in [3.63, 3.8) is 0 Å². The van der Waals surface area contributed by atoms with Gasteiger partial charge in [0, 0.05) is 62.5 Å². The van der Waals surface area contributed by atoms with Crippen molar-refractivity contribution in [3.8, 4) is 5.75 Å². The predicted molar refractivity (Wildman–Crippen MR) is 130 cm³/mol. The van der Waals surface area contributed by atoms with Crippen LogP contribution in [0.15, 0.2) is 47.6 Å². The fraction of sp³-hybridized carbons (Fsp3) is 0.375. The Morgan fingerprint density at radius 2 is 1.94 bits per heavy atom. The quantitative estimate of drug-likeness (QED) is 0.482. The zero-order valence-corrected chi connectivity index (χ0v) is 20.0. The monoisotopic (exact) mass is 497 g/mol. The number of amides is 2. The molecular formula is C24H27N5O5S. The van der Waals surface area contributed by atoms with E-state index in [4.69, 9.17) is 4.74 Å². The number of aryl methyl sites for hydroxylation is 1. The van der Waals surface area contributed by atoms with Crippen molar-refractivity contribution in [1.29, 1.82) is 0 Å². The number of rotatable bonds is 7. The standard InChI is InChI=1S/C24H27N5O5S/c30-22-8-5-17-15-18(6-7-20(17)27-22)34-14-2-4-23(31)28-10-12-29(13-11-28)35(32,33)21-16-26-24-19(21)3-1-9-25-24/h1,3,6-7,9,15-16H,2,4-5,8,10-14H2,(H,25,26)(H,27,30). The van der Waals surface area contributed by atoms with E-state index in [2.05, 4.69) is 15.3 Å². The van der Waals surface area contributed by atoms with Crippen LogP contribution in [0.2, 0.25) is 0 Å². The fourth-order valence-corrected chi connectivity index (χ4v) is 6.05. The summed E-state index contributed by atoms with van der Waals surface area (Å²) in [4.78, 5) is 33.1. The Morgan fingerprint density at radius 3 is 2.77 bits per heavy atom. The maximum absolute atomic E-state index is 13.1. The Kier molecular flexibility index (Phi) is 6.44. The predicted octanol–water partition coefficient (Wildman–Crippen LogP) is 2.14. The number of nitrogens with zero attached hydrogens (tertiary/aromatic N) is 3. The van der Waals surface area contributed by atoms with E-state index in [1.165, 1.54) is 10.5 Å². The molecular weight excluding hydrogens is 470 g/mol. The molecule has 2 aromatic heterocycles. The van der Waals surface area contributed by atoms with Gasteiger partial charge >= 0.3 is 0 Å². The molecule has 0 saturated carbocycles. The van der Waals surface area contributed by atoms with Crippen LogP contribution in [0.4, 0.5) is 5.69 Å². The molecule has 1 fully saturated rings. The molecule has 0 spiro atoms. The van der Waals surface area contributed by atoms with Gasteiger partial charge in [0.25, 0.3) is 0 Å². The van der Waals surface area contributed by atoms with E-state index >= 15 is 0 Å². The normalized spacial score (nSPS) is 16.7. The van der Waals surface area contributed by atoms with Gasteiger partial charge in [0.15, 0.2) is 0 Å². The summed E-state index contributed by atoms with van der Waals surface area (Å²) < 4.78 is 33.5. The molecule has 184 valence electrons. The van der Waals surface area contributed by atoms with Crippen molar-refractivity contribution < 1.29 is 22.7 Å². The molecule has 2 N–H and O–H groups in total. The van der Waals surface area contributed by atoms with Gasteiger partial charge in [0.1, 0.15) is 16.3 Å². The Bertz CT molecular complexity index is 1360. The first-order chi connectivity index (χ1) is 16.9. The van der Waals surface area contributed by atoms with E-state index in [0.717, 1.165) is 17.0 Å². The number of piperazine rings is 1. The Morgan fingerprint density at radius 1 is 1.11 bits per heavy atom. The lowest BCUT2D eigenvalue weighted by Gasteiger charge is -2.34. The van der Waals surface area contributed by atoms with Crippen LogP contribution in [0.5, 0.6) is 5.75 Å². The molecule has 0 unspecified atom stereocenters. The van der Waals surface area contributed by atoms with Gasteiger partial charge in [-0.2, -0.15) is 4.31 Å². The number of aromatic nitrogens is 2. The van der Waals surface area contributed by atoms with Gasteiger partial charge in [-0.3, -0.25) is 9.59 Å². The van der Waals surface area contributed by atoms with Crippen LogP contribution in [0.3, 0.4) is 0 Å². The fourth-order valence-electron chi connectivity index (χ4n) is 4.48. The molecule has 2 amide bonds. The highest BCUT2D eigenvalue weighted by Gasteiger charge is 2.31. The second-order valence-corrected chi connectivity index (χ2v) is 10.6. The third kappa shape index (κ3) is 4.87. The van der Waals surface area contributed by atoms with Crippen molar-refractivity contribution in [2.75, 3.05) is 38.1 Å². The van der Waals surface area contributed by atoms with Gasteiger partial charge in [-0.25, -0.2) is 13.4 Å². The number of pyridine rings is 1. The van der Waals surface area contributed by atoms with Crippen molar-refractivity contribution in [3.05, 3.63) is 48.3 Å². The molecule has 5 rings (SSSR count). The van der Waals surface area contributed by atoms with Crippen molar-refractivity contribution in [2.24, 2.45) is 0 Å². The molecule has 3 aromatic rings. The minimum absolute atomic E-state index is 0.00454. The largest absolute Gasteiger partial charge is 0.494 e. The molecule has 11 heteroatoms. The Labute approximate surface area is 203 Å². The molecule has 1 aromatic carbocycles. The number of benzene rings is 1. The second-order valence-electron chi connectivity index (χ2n) is 8.66. The molecule has 10 nitrogen and oxygen atoms in total. The first-order valence-electron chi connectivity index (χ1n) is 11.7. The van der Waals surface area contributed by atoms with E-state index < -0.39 is 10.0 Å². The van der Waals surface area contributed by atoms with Crippen LogP contribution in [-0.2, 0) is 26.0 Å². The van der Waals surface area contributed by atoms with Gasteiger partial charge in [-0.05, 0) is 48.7 Å². The van der Waals surface area contributed by atoms with Crippen molar-refractivity contribution in [2.45, 2.75) is 30.6 Å².